The van der Waals surface area contributed by atoms with E-state index in [1.54, 1.807) is 0 Å². The minimum Gasteiger partial charge on any atom is -0.494 e. The number of nitrogens with zero attached hydrogens (tertiary/aromatic N) is 2. The molecule has 0 fully saturated rings. The smallest absolute Gasteiger partial charge is 0.330 e. The SMILES string of the molecule is C=CC(=O)OCCC/C=C/CCCOc1ccc2cc(-c3ccccc3)n(C)c2c1.C=CC(=O)OCCCC(O)C(O)CCCOc1ccc2cc(-c3ccccc3)n(C)c2c1. The van der Waals surface area contributed by atoms with Crippen molar-refractivity contribution in [2.45, 2.75) is 63.6 Å². The molecule has 0 aliphatic carbocycles. The molecule has 10 heteroatoms. The normalized spacial score (nSPS) is 12.1. The first kappa shape index (κ1) is 46.7. The zero-order valence-electron chi connectivity index (χ0n) is 36.0. The number of fused-ring (bicyclic) bond motifs is 2. The Morgan fingerprint density at radius 2 is 0.968 bits per heavy atom. The summed E-state index contributed by atoms with van der Waals surface area (Å²) in [6.45, 7) is 8.46. The van der Waals surface area contributed by atoms with Crippen LogP contribution in [0.5, 0.6) is 11.5 Å². The molecule has 0 radical (unpaired) electrons. The van der Waals surface area contributed by atoms with Gasteiger partial charge in [-0.2, -0.15) is 0 Å². The molecule has 2 heterocycles. The molecule has 0 aliphatic rings. The van der Waals surface area contributed by atoms with Gasteiger partial charge in [-0.25, -0.2) is 9.59 Å². The summed E-state index contributed by atoms with van der Waals surface area (Å²) in [5.41, 5.74) is 6.99. The summed E-state index contributed by atoms with van der Waals surface area (Å²) in [6.07, 6.45) is 10.4. The van der Waals surface area contributed by atoms with Crippen LogP contribution in [0.15, 0.2) is 147 Å². The van der Waals surface area contributed by atoms with Gasteiger partial charge in [0.1, 0.15) is 11.5 Å². The molecule has 4 aromatic carbocycles. The molecule has 2 atom stereocenters. The van der Waals surface area contributed by atoms with Crippen LogP contribution < -0.4 is 9.47 Å². The molecule has 2 unspecified atom stereocenters. The Hall–Kier alpha value is -6.36. The number of unbranched alkanes of at least 4 members (excludes halogenated alkanes) is 2. The fourth-order valence-corrected chi connectivity index (χ4v) is 7.02. The van der Waals surface area contributed by atoms with Crippen LogP contribution in [0.4, 0.5) is 0 Å². The maximum absolute atomic E-state index is 11.0. The largest absolute Gasteiger partial charge is 0.494 e. The van der Waals surface area contributed by atoms with Gasteiger partial charge in [0, 0.05) is 60.5 Å². The number of benzene rings is 4. The van der Waals surface area contributed by atoms with Gasteiger partial charge in [0.05, 0.1) is 49.7 Å². The molecule has 10 nitrogen and oxygen atoms in total. The van der Waals surface area contributed by atoms with Gasteiger partial charge in [-0.1, -0.05) is 86.0 Å². The third-order valence-electron chi connectivity index (χ3n) is 10.5. The third-order valence-corrected chi connectivity index (χ3v) is 10.5. The van der Waals surface area contributed by atoms with E-state index in [-0.39, 0.29) is 12.6 Å². The van der Waals surface area contributed by atoms with E-state index < -0.39 is 18.2 Å². The van der Waals surface area contributed by atoms with Crippen LogP contribution in [0.1, 0.15) is 51.4 Å². The standard InChI is InChI=1S/C26H31NO5.C26H29NO3/c1-3-26(30)32-16-8-12-25(29)24(28)11-7-15-31-21-14-13-20-17-22(27(2)23(20)18-21)19-9-5-4-6-10-19;1-3-26(28)30-18-12-7-5-4-6-11-17-29-23-16-15-22-19-24(27(2)25(22)20-23)21-13-9-8-10-14-21/h3-6,9-10,13-14,17-18,24-25,28-29H,1,7-8,11-12,15-16H2,2H3;3-5,8-10,13-16,19-20H,1,6-7,11-12,17-18H2,2H3/b;5-4+. The highest BCUT2D eigenvalue weighted by atomic mass is 16.5. The first-order chi connectivity index (χ1) is 30.2. The second-order valence-electron chi connectivity index (χ2n) is 15.0. The highest BCUT2D eigenvalue weighted by molar-refractivity contribution is 5.89. The number of esters is 2. The zero-order chi connectivity index (χ0) is 44.1. The van der Waals surface area contributed by atoms with Crippen molar-refractivity contribution in [3.63, 3.8) is 0 Å². The lowest BCUT2D eigenvalue weighted by Gasteiger charge is -2.17. The van der Waals surface area contributed by atoms with Crippen LogP contribution >= 0.6 is 0 Å². The molecule has 0 aliphatic heterocycles. The van der Waals surface area contributed by atoms with E-state index in [2.05, 4.69) is 108 Å². The molecule has 0 bridgehead atoms. The van der Waals surface area contributed by atoms with Gasteiger partial charge in [-0.05, 0) is 98.9 Å². The number of hydrogen-bond acceptors (Lipinski definition) is 8. The summed E-state index contributed by atoms with van der Waals surface area (Å²) in [7, 11) is 4.14. The van der Waals surface area contributed by atoms with Gasteiger partial charge in [0.15, 0.2) is 0 Å². The Kier molecular flexibility index (Phi) is 18.7. The maximum Gasteiger partial charge on any atom is 0.330 e. The topological polar surface area (TPSA) is 121 Å². The summed E-state index contributed by atoms with van der Waals surface area (Å²) in [5.74, 6) is 0.830. The van der Waals surface area contributed by atoms with Crippen LogP contribution in [0, 0.1) is 0 Å². The highest BCUT2D eigenvalue weighted by Gasteiger charge is 2.16. The minimum atomic E-state index is -0.853. The molecule has 0 spiro atoms. The second-order valence-corrected chi connectivity index (χ2v) is 15.0. The van der Waals surface area contributed by atoms with Crippen molar-refractivity contribution in [1.82, 2.24) is 9.13 Å². The fraction of sp³-hybridized carbons (Fsp3) is 0.308. The highest BCUT2D eigenvalue weighted by Crippen LogP contribution is 2.31. The van der Waals surface area contributed by atoms with Crippen LogP contribution in [0.3, 0.4) is 0 Å². The molecule has 0 amide bonds. The van der Waals surface area contributed by atoms with Gasteiger partial charge in [-0.15, -0.1) is 0 Å². The number of allylic oxidation sites excluding steroid dienone is 2. The summed E-state index contributed by atoms with van der Waals surface area (Å²) in [4.78, 5) is 21.9. The fourth-order valence-electron chi connectivity index (χ4n) is 7.02. The quantitative estimate of drug-likeness (QED) is 0.0283. The number of aromatic nitrogens is 2. The van der Waals surface area contributed by atoms with Crippen molar-refractivity contribution < 1.29 is 38.7 Å². The summed E-state index contributed by atoms with van der Waals surface area (Å²) < 4.78 is 26.0. The number of carbonyl (C=O) groups excluding carboxylic acids is 2. The average Bonchev–Trinajstić information content (AvgIpc) is 3.82. The van der Waals surface area contributed by atoms with Gasteiger partial charge in [0.25, 0.3) is 0 Å². The second kappa shape index (κ2) is 24.8. The average molecular weight is 841 g/mol. The first-order valence-corrected chi connectivity index (χ1v) is 21.3. The predicted molar refractivity (Wildman–Crippen MR) is 248 cm³/mol. The first-order valence-electron chi connectivity index (χ1n) is 21.3. The lowest BCUT2D eigenvalue weighted by molar-refractivity contribution is -0.138. The van der Waals surface area contributed by atoms with Crippen molar-refractivity contribution in [3.05, 3.63) is 147 Å². The van der Waals surface area contributed by atoms with Crippen molar-refractivity contribution in [1.29, 1.82) is 0 Å². The van der Waals surface area contributed by atoms with Crippen molar-refractivity contribution in [2.24, 2.45) is 14.1 Å². The lowest BCUT2D eigenvalue weighted by atomic mass is 10.0. The summed E-state index contributed by atoms with van der Waals surface area (Å²) >= 11 is 0. The van der Waals surface area contributed by atoms with E-state index in [4.69, 9.17) is 18.9 Å². The number of aliphatic hydroxyl groups excluding tert-OH is 2. The van der Waals surface area contributed by atoms with E-state index in [9.17, 15) is 19.8 Å². The van der Waals surface area contributed by atoms with E-state index in [0.29, 0.717) is 45.5 Å². The van der Waals surface area contributed by atoms with Crippen LogP contribution in [0.25, 0.3) is 44.3 Å². The third kappa shape index (κ3) is 14.1. The Morgan fingerprint density at radius 1 is 0.565 bits per heavy atom. The van der Waals surface area contributed by atoms with Crippen molar-refractivity contribution in [3.8, 4) is 34.0 Å². The monoisotopic (exact) mass is 840 g/mol. The molecule has 62 heavy (non-hydrogen) atoms. The predicted octanol–water partition coefficient (Wildman–Crippen LogP) is 10.3. The molecular formula is C52H60N2O8. The van der Waals surface area contributed by atoms with E-state index in [0.717, 1.165) is 59.9 Å². The maximum atomic E-state index is 11.0. The van der Waals surface area contributed by atoms with E-state index in [1.165, 1.54) is 33.8 Å². The molecule has 6 aromatic rings. The minimum absolute atomic E-state index is 0.200. The lowest BCUT2D eigenvalue weighted by Crippen LogP contribution is -2.26. The van der Waals surface area contributed by atoms with Gasteiger partial charge in [0.2, 0.25) is 0 Å². The summed E-state index contributed by atoms with van der Waals surface area (Å²) in [6, 6.07) is 37.4. The zero-order valence-corrected chi connectivity index (χ0v) is 36.0. The number of carbonyl (C=O) groups is 2. The Bertz CT molecular complexity index is 2360. The van der Waals surface area contributed by atoms with Crippen LogP contribution in [-0.4, -0.2) is 69.9 Å². The number of rotatable bonds is 23. The molecular weight excluding hydrogens is 781 g/mol. The Morgan fingerprint density at radius 3 is 1.42 bits per heavy atom. The molecule has 0 saturated carbocycles. The molecule has 0 saturated heterocycles. The van der Waals surface area contributed by atoms with Crippen molar-refractivity contribution in [2.75, 3.05) is 26.4 Å². The van der Waals surface area contributed by atoms with Crippen LogP contribution in [-0.2, 0) is 33.2 Å². The van der Waals surface area contributed by atoms with Crippen molar-refractivity contribution >= 4 is 33.7 Å². The molecule has 2 N–H and O–H groups in total. The van der Waals surface area contributed by atoms with Gasteiger partial charge in [-0.3, -0.25) is 0 Å². The molecule has 2 aromatic heterocycles. The number of aliphatic hydroxyl groups is 2. The van der Waals surface area contributed by atoms with E-state index in [1.807, 2.05) is 49.5 Å². The Balaban J connectivity index is 0.000000235. The van der Waals surface area contributed by atoms with Gasteiger partial charge < -0.3 is 38.3 Å². The Labute approximate surface area is 365 Å². The van der Waals surface area contributed by atoms with Gasteiger partial charge >= 0.3 is 11.9 Å². The number of aryl methyl sites for hydroxylation is 2. The number of ether oxygens (including phenoxy) is 4. The molecule has 6 rings (SSSR count). The van der Waals surface area contributed by atoms with Crippen LogP contribution in [0.2, 0.25) is 0 Å². The van der Waals surface area contributed by atoms with E-state index >= 15 is 0 Å². The summed E-state index contributed by atoms with van der Waals surface area (Å²) in [5, 5.41) is 22.5. The molecule has 326 valence electrons. The number of hydrogen-bond donors (Lipinski definition) is 2.